The third-order valence-electron chi connectivity index (χ3n) is 4.71. The van der Waals surface area contributed by atoms with Crippen molar-refractivity contribution in [2.24, 2.45) is 11.7 Å². The number of amides is 5. The lowest BCUT2D eigenvalue weighted by atomic mass is 10.0. The minimum atomic E-state index is -1.44. The van der Waals surface area contributed by atoms with E-state index in [9.17, 15) is 39.0 Å². The Morgan fingerprint density at radius 3 is 1.54 bits per heavy atom. The van der Waals surface area contributed by atoms with Crippen molar-refractivity contribution in [3.05, 3.63) is 0 Å². The Balaban J connectivity index is 5.32. The molecule has 0 fully saturated rings. The first-order chi connectivity index (χ1) is 16.3. The Kier molecular flexibility index (Phi) is 14.3. The summed E-state index contributed by atoms with van der Waals surface area (Å²) in [6.45, 7) is 6.21. The van der Waals surface area contributed by atoms with Gasteiger partial charge in [-0.05, 0) is 33.1 Å². The molecule has 0 aromatic heterocycles. The van der Waals surface area contributed by atoms with E-state index in [0.717, 1.165) is 0 Å². The Morgan fingerprint density at radius 2 is 1.11 bits per heavy atom. The smallest absolute Gasteiger partial charge is 0.245 e. The van der Waals surface area contributed by atoms with E-state index in [2.05, 4.69) is 26.6 Å². The van der Waals surface area contributed by atoms with Crippen LogP contribution >= 0.6 is 0 Å². The second-order valence-corrected chi connectivity index (χ2v) is 8.63. The summed E-state index contributed by atoms with van der Waals surface area (Å²) < 4.78 is 0. The quantitative estimate of drug-likeness (QED) is 0.102. The first kappa shape index (κ1) is 31.9. The van der Waals surface area contributed by atoms with Gasteiger partial charge in [0.25, 0.3) is 0 Å². The number of rotatable bonds is 15. The molecule has 9 N–H and O–H groups in total. The number of aliphatic hydroxyl groups is 2. The van der Waals surface area contributed by atoms with Gasteiger partial charge in [0.2, 0.25) is 29.5 Å². The van der Waals surface area contributed by atoms with Crippen LogP contribution in [0.4, 0.5) is 0 Å². The predicted molar refractivity (Wildman–Crippen MR) is 124 cm³/mol. The van der Waals surface area contributed by atoms with Crippen LogP contribution < -0.4 is 32.3 Å². The first-order valence-corrected chi connectivity index (χ1v) is 11.2. The molecule has 0 aliphatic heterocycles. The monoisotopic (exact) mass is 502 g/mol. The summed E-state index contributed by atoms with van der Waals surface area (Å²) >= 11 is 0. The zero-order chi connectivity index (χ0) is 27.3. The van der Waals surface area contributed by atoms with E-state index in [1.165, 1.54) is 20.8 Å². The van der Waals surface area contributed by atoms with Crippen LogP contribution in [0.3, 0.4) is 0 Å². The zero-order valence-electron chi connectivity index (χ0n) is 20.7. The molecule has 0 saturated heterocycles. The molecule has 0 bridgehead atoms. The lowest BCUT2D eigenvalue weighted by Crippen LogP contribution is -2.60. The number of hydrogen-bond donors (Lipinski definition) is 8. The van der Waals surface area contributed by atoms with Gasteiger partial charge in [-0.1, -0.05) is 13.8 Å². The van der Waals surface area contributed by atoms with Gasteiger partial charge >= 0.3 is 0 Å². The summed E-state index contributed by atoms with van der Waals surface area (Å²) in [5.41, 5.74) is 5.43. The Morgan fingerprint density at radius 1 is 0.686 bits per heavy atom. The van der Waals surface area contributed by atoms with Gasteiger partial charge in [-0.3, -0.25) is 24.0 Å². The molecule has 0 heterocycles. The topological polar surface area (TPSA) is 229 Å². The molecule has 5 amide bonds. The minimum Gasteiger partial charge on any atom is -0.394 e. The van der Waals surface area contributed by atoms with Crippen molar-refractivity contribution in [1.29, 1.82) is 0 Å². The maximum Gasteiger partial charge on any atom is 0.245 e. The molecule has 35 heavy (non-hydrogen) atoms. The molecule has 14 heteroatoms. The Hall–Kier alpha value is -3.10. The van der Waals surface area contributed by atoms with Crippen LogP contribution in [0.25, 0.3) is 0 Å². The highest BCUT2D eigenvalue weighted by Gasteiger charge is 2.31. The molecule has 0 saturated carbocycles. The molecule has 0 spiro atoms. The molecule has 14 nitrogen and oxygen atoms in total. The average molecular weight is 503 g/mol. The van der Waals surface area contributed by atoms with Gasteiger partial charge in [0.15, 0.2) is 0 Å². The van der Waals surface area contributed by atoms with Crippen molar-refractivity contribution in [1.82, 2.24) is 26.6 Å². The van der Waals surface area contributed by atoms with Crippen molar-refractivity contribution in [2.75, 3.05) is 13.2 Å². The molecule has 200 valence electrons. The minimum absolute atomic E-state index is 0.0850. The highest BCUT2D eigenvalue weighted by molar-refractivity contribution is 5.96. The van der Waals surface area contributed by atoms with Crippen LogP contribution in [0, 0.1) is 5.92 Å². The van der Waals surface area contributed by atoms with E-state index < -0.39 is 79.0 Å². The van der Waals surface area contributed by atoms with Crippen LogP contribution in [0.1, 0.15) is 41.0 Å². The number of carbonyl (C=O) groups is 6. The predicted octanol–water partition coefficient (Wildman–Crippen LogP) is -3.97. The number of nitrogens with one attached hydrogen (secondary N) is 5. The fraction of sp³-hybridized carbons (Fsp3) is 0.714. The van der Waals surface area contributed by atoms with Gasteiger partial charge in [-0.2, -0.15) is 0 Å². The summed E-state index contributed by atoms with van der Waals surface area (Å²) in [5.74, 6) is -3.90. The average Bonchev–Trinajstić information content (AvgIpc) is 2.78. The van der Waals surface area contributed by atoms with E-state index in [0.29, 0.717) is 6.29 Å². The van der Waals surface area contributed by atoms with Gasteiger partial charge in [0, 0.05) is 0 Å². The summed E-state index contributed by atoms with van der Waals surface area (Å²) in [4.78, 5) is 72.3. The molecule has 0 unspecified atom stereocenters. The van der Waals surface area contributed by atoms with Gasteiger partial charge in [-0.25, -0.2) is 0 Å². The second-order valence-electron chi connectivity index (χ2n) is 8.63. The van der Waals surface area contributed by atoms with Gasteiger partial charge < -0.3 is 47.3 Å². The van der Waals surface area contributed by atoms with Crippen LogP contribution in [0.2, 0.25) is 0 Å². The molecule has 0 aromatic carbocycles. The van der Waals surface area contributed by atoms with Crippen molar-refractivity contribution in [3.8, 4) is 0 Å². The van der Waals surface area contributed by atoms with Crippen molar-refractivity contribution in [2.45, 2.75) is 77.3 Å². The van der Waals surface area contributed by atoms with E-state index in [1.807, 2.05) is 0 Å². The molecule has 6 atom stereocenters. The molecule has 0 aromatic rings. The summed E-state index contributed by atoms with van der Waals surface area (Å²) in [6, 6.07) is -6.74. The van der Waals surface area contributed by atoms with E-state index >= 15 is 0 Å². The summed E-state index contributed by atoms with van der Waals surface area (Å²) in [5, 5.41) is 30.7. The lowest BCUT2D eigenvalue weighted by molar-refractivity contribution is -0.135. The Bertz CT molecular complexity index is 760. The van der Waals surface area contributed by atoms with E-state index in [-0.39, 0.29) is 12.3 Å². The van der Waals surface area contributed by atoms with Gasteiger partial charge in [0.05, 0.1) is 25.3 Å². The standard InChI is InChI=1S/C21H38N6O8/c1-10(2)6-14(19(33)27-15(8-29)20(34)23-11(3)7-28)25-21(35)16(9-30)26-18(32)13(5)24-17(31)12(4)22/h7,10-16,29-30H,6,8-9,22H2,1-5H3,(H,23,34)(H,24,31)(H,25,35)(H,26,32)(H,27,33)/t11-,12-,13-,14-,15-,16-/m0/s1. The second kappa shape index (κ2) is 15.7. The molecular weight excluding hydrogens is 464 g/mol. The molecule has 0 radical (unpaired) electrons. The zero-order valence-corrected chi connectivity index (χ0v) is 20.7. The van der Waals surface area contributed by atoms with Crippen LogP contribution in [-0.4, -0.2) is 95.5 Å². The number of aliphatic hydroxyl groups excluding tert-OH is 2. The molecule has 0 aliphatic carbocycles. The highest BCUT2D eigenvalue weighted by Crippen LogP contribution is 2.06. The van der Waals surface area contributed by atoms with Gasteiger partial charge in [0.1, 0.15) is 30.5 Å². The maximum atomic E-state index is 12.8. The maximum absolute atomic E-state index is 12.8. The van der Waals surface area contributed by atoms with Gasteiger partial charge in [-0.15, -0.1) is 0 Å². The molecule has 0 rings (SSSR count). The third-order valence-corrected chi connectivity index (χ3v) is 4.71. The fourth-order valence-corrected chi connectivity index (χ4v) is 2.70. The number of carbonyl (C=O) groups excluding carboxylic acids is 6. The van der Waals surface area contributed by atoms with Crippen LogP contribution in [-0.2, 0) is 28.8 Å². The number of aldehydes is 1. The van der Waals surface area contributed by atoms with Crippen molar-refractivity contribution in [3.63, 3.8) is 0 Å². The molecular formula is C21H38N6O8. The normalized spacial score (nSPS) is 16.0. The van der Waals surface area contributed by atoms with Crippen LogP contribution in [0.5, 0.6) is 0 Å². The fourth-order valence-electron chi connectivity index (χ4n) is 2.70. The third kappa shape index (κ3) is 11.7. The van der Waals surface area contributed by atoms with E-state index in [1.54, 1.807) is 13.8 Å². The van der Waals surface area contributed by atoms with E-state index in [4.69, 9.17) is 5.73 Å². The first-order valence-electron chi connectivity index (χ1n) is 11.2. The summed E-state index contributed by atoms with van der Waals surface area (Å²) in [7, 11) is 0. The number of hydrogen-bond acceptors (Lipinski definition) is 9. The van der Waals surface area contributed by atoms with Crippen molar-refractivity contribution >= 4 is 35.8 Å². The highest BCUT2D eigenvalue weighted by atomic mass is 16.3. The lowest BCUT2D eigenvalue weighted by Gasteiger charge is -2.26. The molecule has 0 aliphatic rings. The summed E-state index contributed by atoms with van der Waals surface area (Å²) in [6.07, 6.45) is 0.608. The van der Waals surface area contributed by atoms with Crippen LogP contribution in [0.15, 0.2) is 0 Å². The largest absolute Gasteiger partial charge is 0.394 e. The SMILES string of the molecule is CC(C)C[C@H](NC(=O)[C@H](CO)NC(=O)[C@H](C)NC(=O)[C@H](C)N)C(=O)N[C@@H](CO)C(=O)N[C@@H](C)C=O. The Labute approximate surface area is 204 Å². The van der Waals surface area contributed by atoms with Crippen molar-refractivity contribution < 1.29 is 39.0 Å². The number of nitrogens with two attached hydrogens (primary N) is 1.